The summed E-state index contributed by atoms with van der Waals surface area (Å²) in [7, 11) is 0. The van der Waals surface area contributed by atoms with E-state index in [0.29, 0.717) is 11.8 Å². The number of rotatable bonds is 6. The molecular weight excluding hydrogens is 246 g/mol. The zero-order chi connectivity index (χ0) is 14.4. The number of aryl methyl sites for hydroxylation is 1. The van der Waals surface area contributed by atoms with Crippen molar-refractivity contribution < 1.29 is 5.11 Å². The Hall–Kier alpha value is -1.80. The van der Waals surface area contributed by atoms with Gasteiger partial charge in [-0.05, 0) is 42.2 Å². The fourth-order valence-corrected chi connectivity index (χ4v) is 2.26. The quantitative estimate of drug-likeness (QED) is 0.824. The van der Waals surface area contributed by atoms with Crippen molar-refractivity contribution >= 4 is 0 Å². The van der Waals surface area contributed by atoms with Gasteiger partial charge in [0.25, 0.3) is 0 Å². The van der Waals surface area contributed by atoms with Crippen LogP contribution in [0.3, 0.4) is 0 Å². The van der Waals surface area contributed by atoms with Gasteiger partial charge in [-0.1, -0.05) is 49.7 Å². The Labute approximate surface area is 121 Å². The number of phenolic OH excluding ortho intramolecular Hbond substituents is 1. The molecule has 20 heavy (non-hydrogen) atoms. The maximum Gasteiger partial charge on any atom is 0.115 e. The second kappa shape index (κ2) is 7.11. The zero-order valence-corrected chi connectivity index (χ0v) is 12.3. The van der Waals surface area contributed by atoms with Gasteiger partial charge < -0.3 is 10.4 Å². The van der Waals surface area contributed by atoms with Crippen molar-refractivity contribution in [3.63, 3.8) is 0 Å². The van der Waals surface area contributed by atoms with Crippen LogP contribution in [0.5, 0.6) is 5.75 Å². The Bertz CT molecular complexity index is 516. The van der Waals surface area contributed by atoms with Gasteiger partial charge in [0.2, 0.25) is 0 Å². The van der Waals surface area contributed by atoms with Gasteiger partial charge in [0.1, 0.15) is 5.75 Å². The van der Waals surface area contributed by atoms with Gasteiger partial charge in [-0.15, -0.1) is 0 Å². The van der Waals surface area contributed by atoms with Crippen LogP contribution >= 0.6 is 0 Å². The van der Waals surface area contributed by atoms with Crippen LogP contribution in [-0.4, -0.2) is 5.11 Å². The van der Waals surface area contributed by atoms with Crippen molar-refractivity contribution in [3.8, 4) is 5.75 Å². The maximum atomic E-state index is 9.26. The minimum atomic E-state index is 0.313. The van der Waals surface area contributed by atoms with Crippen LogP contribution in [0.1, 0.15) is 43.0 Å². The summed E-state index contributed by atoms with van der Waals surface area (Å²) in [5.74, 6) is 0.313. The molecule has 0 saturated carbocycles. The molecule has 0 bridgehead atoms. The molecule has 0 aromatic heterocycles. The van der Waals surface area contributed by atoms with Gasteiger partial charge in [0, 0.05) is 12.6 Å². The highest BCUT2D eigenvalue weighted by Crippen LogP contribution is 2.16. The average molecular weight is 269 g/mol. The SMILES string of the molecule is CCCc1ccc(C(C)NCc2ccc(O)cc2)cc1. The monoisotopic (exact) mass is 269 g/mol. The van der Waals surface area contributed by atoms with Crippen LogP contribution in [0.2, 0.25) is 0 Å². The van der Waals surface area contributed by atoms with Crippen LogP contribution < -0.4 is 5.32 Å². The van der Waals surface area contributed by atoms with Crippen molar-refractivity contribution in [2.75, 3.05) is 0 Å². The van der Waals surface area contributed by atoms with Gasteiger partial charge >= 0.3 is 0 Å². The summed E-state index contributed by atoms with van der Waals surface area (Å²) < 4.78 is 0. The Morgan fingerprint density at radius 1 is 0.950 bits per heavy atom. The molecule has 1 unspecified atom stereocenters. The standard InChI is InChI=1S/C18H23NO/c1-3-4-15-5-9-17(10-6-15)14(2)19-13-16-7-11-18(20)12-8-16/h5-12,14,19-20H,3-4,13H2,1-2H3. The highest BCUT2D eigenvalue weighted by molar-refractivity contribution is 5.27. The predicted molar refractivity (Wildman–Crippen MR) is 83.8 cm³/mol. The average Bonchev–Trinajstić information content (AvgIpc) is 2.47. The molecule has 2 nitrogen and oxygen atoms in total. The minimum Gasteiger partial charge on any atom is -0.508 e. The topological polar surface area (TPSA) is 32.3 Å². The number of aromatic hydroxyl groups is 1. The van der Waals surface area contributed by atoms with Crippen LogP contribution in [0.15, 0.2) is 48.5 Å². The fraction of sp³-hybridized carbons (Fsp3) is 0.333. The van der Waals surface area contributed by atoms with E-state index in [0.717, 1.165) is 13.0 Å². The van der Waals surface area contributed by atoms with Gasteiger partial charge in [-0.2, -0.15) is 0 Å². The molecule has 2 aromatic rings. The lowest BCUT2D eigenvalue weighted by atomic mass is 10.0. The second-order valence-electron chi connectivity index (χ2n) is 5.26. The van der Waals surface area contributed by atoms with Crippen LogP contribution in [-0.2, 0) is 13.0 Å². The molecule has 2 N–H and O–H groups in total. The minimum absolute atomic E-state index is 0.313. The first kappa shape index (κ1) is 14.6. The van der Waals surface area contributed by atoms with Crippen molar-refractivity contribution in [2.24, 2.45) is 0 Å². The van der Waals surface area contributed by atoms with E-state index in [-0.39, 0.29) is 0 Å². The number of hydrogen-bond donors (Lipinski definition) is 2. The Kier molecular flexibility index (Phi) is 5.19. The molecule has 2 heteroatoms. The molecule has 0 spiro atoms. The Morgan fingerprint density at radius 3 is 2.15 bits per heavy atom. The van der Waals surface area contributed by atoms with Gasteiger partial charge in [-0.25, -0.2) is 0 Å². The van der Waals surface area contributed by atoms with E-state index >= 15 is 0 Å². The summed E-state index contributed by atoms with van der Waals surface area (Å²) in [6.07, 6.45) is 2.34. The first-order valence-corrected chi connectivity index (χ1v) is 7.29. The number of hydrogen-bond acceptors (Lipinski definition) is 2. The molecule has 2 aromatic carbocycles. The third-order valence-corrected chi connectivity index (χ3v) is 3.57. The number of phenols is 1. The second-order valence-corrected chi connectivity index (χ2v) is 5.26. The van der Waals surface area contributed by atoms with Crippen molar-refractivity contribution in [1.29, 1.82) is 0 Å². The van der Waals surface area contributed by atoms with Gasteiger partial charge in [0.15, 0.2) is 0 Å². The molecule has 0 heterocycles. The summed E-state index contributed by atoms with van der Waals surface area (Å²) in [6.45, 7) is 5.18. The summed E-state index contributed by atoms with van der Waals surface area (Å²) in [4.78, 5) is 0. The first-order valence-electron chi connectivity index (χ1n) is 7.29. The van der Waals surface area contributed by atoms with Crippen LogP contribution in [0.4, 0.5) is 0 Å². The van der Waals surface area contributed by atoms with Crippen LogP contribution in [0, 0.1) is 0 Å². The normalized spacial score (nSPS) is 12.3. The van der Waals surface area contributed by atoms with Crippen molar-refractivity contribution in [3.05, 3.63) is 65.2 Å². The highest BCUT2D eigenvalue weighted by Gasteiger charge is 2.04. The zero-order valence-electron chi connectivity index (χ0n) is 12.3. The molecule has 1 atom stereocenters. The van der Waals surface area contributed by atoms with Crippen LogP contribution in [0.25, 0.3) is 0 Å². The van der Waals surface area contributed by atoms with Gasteiger partial charge in [0.05, 0.1) is 0 Å². The van der Waals surface area contributed by atoms with Crippen molar-refractivity contribution in [1.82, 2.24) is 5.32 Å². The summed E-state index contributed by atoms with van der Waals surface area (Å²) in [5, 5.41) is 12.8. The molecule has 0 aliphatic carbocycles. The predicted octanol–water partition coefficient (Wildman–Crippen LogP) is 4.20. The molecule has 0 fully saturated rings. The number of nitrogens with one attached hydrogen (secondary N) is 1. The third kappa shape index (κ3) is 4.10. The van der Waals surface area contributed by atoms with E-state index in [1.807, 2.05) is 12.1 Å². The molecule has 106 valence electrons. The summed E-state index contributed by atoms with van der Waals surface area (Å²) in [6, 6.07) is 16.5. The van der Waals surface area contributed by atoms with E-state index in [2.05, 4.69) is 43.4 Å². The Balaban J connectivity index is 1.90. The highest BCUT2D eigenvalue weighted by atomic mass is 16.3. The molecule has 0 amide bonds. The summed E-state index contributed by atoms with van der Waals surface area (Å²) in [5.41, 5.74) is 3.89. The van der Waals surface area contributed by atoms with E-state index in [4.69, 9.17) is 0 Å². The summed E-state index contributed by atoms with van der Waals surface area (Å²) >= 11 is 0. The first-order chi connectivity index (χ1) is 9.69. The van der Waals surface area contributed by atoms with Gasteiger partial charge in [-0.3, -0.25) is 0 Å². The molecule has 0 saturated heterocycles. The lowest BCUT2D eigenvalue weighted by Crippen LogP contribution is -2.17. The Morgan fingerprint density at radius 2 is 1.55 bits per heavy atom. The smallest absolute Gasteiger partial charge is 0.115 e. The fourth-order valence-electron chi connectivity index (χ4n) is 2.26. The molecule has 0 radical (unpaired) electrons. The molecular formula is C18H23NO. The lowest BCUT2D eigenvalue weighted by Gasteiger charge is -2.15. The molecule has 2 rings (SSSR count). The van der Waals surface area contributed by atoms with E-state index in [1.165, 1.54) is 23.1 Å². The molecule has 0 aliphatic heterocycles. The van der Waals surface area contributed by atoms with Crippen molar-refractivity contribution in [2.45, 2.75) is 39.3 Å². The molecule has 0 aliphatic rings. The lowest BCUT2D eigenvalue weighted by molar-refractivity contribution is 0.474. The maximum absolute atomic E-state index is 9.26. The largest absolute Gasteiger partial charge is 0.508 e. The van der Waals surface area contributed by atoms with E-state index in [9.17, 15) is 5.11 Å². The van der Waals surface area contributed by atoms with E-state index < -0.39 is 0 Å². The van der Waals surface area contributed by atoms with E-state index in [1.54, 1.807) is 12.1 Å². The number of benzene rings is 2. The third-order valence-electron chi connectivity index (χ3n) is 3.57.